The standard InChI is InChI=1S/C12H25NO3/c1-5-7-10(2)16-9-6-8-12(3,13)11(14)15-4/h10H,5-9,13H2,1-4H3. The molecule has 0 radical (unpaired) electrons. The molecule has 0 heterocycles. The fraction of sp³-hybridized carbons (Fsp3) is 0.917. The van der Waals surface area contributed by atoms with E-state index >= 15 is 0 Å². The molecule has 0 aliphatic rings. The number of carbonyl (C=O) groups excluding carboxylic acids is 1. The molecule has 0 aliphatic heterocycles. The van der Waals surface area contributed by atoms with Crippen LogP contribution in [0.3, 0.4) is 0 Å². The van der Waals surface area contributed by atoms with E-state index in [-0.39, 0.29) is 12.1 Å². The summed E-state index contributed by atoms with van der Waals surface area (Å²) in [7, 11) is 1.35. The van der Waals surface area contributed by atoms with Gasteiger partial charge in [-0.1, -0.05) is 13.3 Å². The number of carbonyl (C=O) groups is 1. The molecule has 0 aliphatic carbocycles. The summed E-state index contributed by atoms with van der Waals surface area (Å²) < 4.78 is 10.2. The van der Waals surface area contributed by atoms with Crippen LogP contribution in [0, 0.1) is 0 Å². The summed E-state index contributed by atoms with van der Waals surface area (Å²) in [6.45, 7) is 6.53. The number of hydrogen-bond acceptors (Lipinski definition) is 4. The van der Waals surface area contributed by atoms with Crippen molar-refractivity contribution in [3.05, 3.63) is 0 Å². The van der Waals surface area contributed by atoms with Crippen molar-refractivity contribution < 1.29 is 14.3 Å². The van der Waals surface area contributed by atoms with Gasteiger partial charge < -0.3 is 15.2 Å². The van der Waals surface area contributed by atoms with E-state index in [0.29, 0.717) is 13.0 Å². The molecule has 0 amide bonds. The van der Waals surface area contributed by atoms with E-state index in [1.54, 1.807) is 6.92 Å². The van der Waals surface area contributed by atoms with Crippen LogP contribution in [0.2, 0.25) is 0 Å². The molecule has 0 aromatic carbocycles. The van der Waals surface area contributed by atoms with Gasteiger partial charge in [0, 0.05) is 6.61 Å². The molecule has 4 heteroatoms. The van der Waals surface area contributed by atoms with Gasteiger partial charge in [0.25, 0.3) is 0 Å². The highest BCUT2D eigenvalue weighted by Gasteiger charge is 2.28. The molecule has 0 aromatic heterocycles. The van der Waals surface area contributed by atoms with E-state index in [1.807, 2.05) is 0 Å². The summed E-state index contributed by atoms with van der Waals surface area (Å²) >= 11 is 0. The molecule has 0 fully saturated rings. The highest BCUT2D eigenvalue weighted by molar-refractivity contribution is 5.79. The van der Waals surface area contributed by atoms with Gasteiger partial charge in [-0.05, 0) is 33.1 Å². The minimum absolute atomic E-state index is 0.284. The van der Waals surface area contributed by atoms with Crippen molar-refractivity contribution in [1.82, 2.24) is 0 Å². The predicted octanol–water partition coefficient (Wildman–Crippen LogP) is 1.86. The van der Waals surface area contributed by atoms with E-state index in [1.165, 1.54) is 7.11 Å². The molecule has 0 saturated heterocycles. The molecule has 2 atom stereocenters. The largest absolute Gasteiger partial charge is 0.468 e. The molecular formula is C12H25NO3. The zero-order valence-electron chi connectivity index (χ0n) is 10.9. The SMILES string of the molecule is CCCC(C)OCCCC(C)(N)C(=O)OC. The van der Waals surface area contributed by atoms with Crippen LogP contribution in [0.15, 0.2) is 0 Å². The average Bonchev–Trinajstić information content (AvgIpc) is 2.23. The summed E-state index contributed by atoms with van der Waals surface area (Å²) in [6, 6.07) is 0. The fourth-order valence-electron chi connectivity index (χ4n) is 1.55. The second-order valence-electron chi connectivity index (χ2n) is 4.48. The van der Waals surface area contributed by atoms with Crippen molar-refractivity contribution in [2.45, 2.75) is 58.1 Å². The first kappa shape index (κ1) is 15.4. The molecule has 16 heavy (non-hydrogen) atoms. The maximum absolute atomic E-state index is 11.3. The Morgan fingerprint density at radius 3 is 2.62 bits per heavy atom. The summed E-state index contributed by atoms with van der Waals surface area (Å²) in [6.07, 6.45) is 3.83. The molecular weight excluding hydrogens is 206 g/mol. The monoisotopic (exact) mass is 231 g/mol. The van der Waals surface area contributed by atoms with E-state index in [9.17, 15) is 4.79 Å². The zero-order chi connectivity index (χ0) is 12.6. The minimum Gasteiger partial charge on any atom is -0.468 e. The van der Waals surface area contributed by atoms with Gasteiger partial charge in [-0.2, -0.15) is 0 Å². The summed E-state index contributed by atoms with van der Waals surface area (Å²) in [5, 5.41) is 0. The lowest BCUT2D eigenvalue weighted by molar-refractivity contribution is -0.146. The Morgan fingerprint density at radius 2 is 2.12 bits per heavy atom. The lowest BCUT2D eigenvalue weighted by atomic mass is 9.98. The molecule has 96 valence electrons. The average molecular weight is 231 g/mol. The first-order chi connectivity index (χ1) is 7.44. The third kappa shape index (κ3) is 6.08. The highest BCUT2D eigenvalue weighted by Crippen LogP contribution is 2.11. The lowest BCUT2D eigenvalue weighted by Crippen LogP contribution is -2.45. The van der Waals surface area contributed by atoms with Gasteiger partial charge in [-0.25, -0.2) is 0 Å². The maximum atomic E-state index is 11.3. The van der Waals surface area contributed by atoms with Gasteiger partial charge in [-0.15, -0.1) is 0 Å². The number of esters is 1. The van der Waals surface area contributed by atoms with Crippen LogP contribution in [-0.2, 0) is 14.3 Å². The van der Waals surface area contributed by atoms with Crippen molar-refractivity contribution in [1.29, 1.82) is 0 Å². The lowest BCUT2D eigenvalue weighted by Gasteiger charge is -2.21. The molecule has 0 spiro atoms. The quantitative estimate of drug-likeness (QED) is 0.511. The van der Waals surface area contributed by atoms with E-state index in [0.717, 1.165) is 19.3 Å². The van der Waals surface area contributed by atoms with Crippen molar-refractivity contribution in [3.63, 3.8) is 0 Å². The number of nitrogens with two attached hydrogens (primary N) is 1. The van der Waals surface area contributed by atoms with Crippen LogP contribution in [0.1, 0.15) is 46.5 Å². The van der Waals surface area contributed by atoms with Crippen LogP contribution in [0.5, 0.6) is 0 Å². The number of rotatable bonds is 8. The first-order valence-electron chi connectivity index (χ1n) is 5.93. The summed E-state index contributed by atoms with van der Waals surface area (Å²) in [5.41, 5.74) is 4.92. The normalized spacial score (nSPS) is 16.6. The van der Waals surface area contributed by atoms with Crippen LogP contribution in [-0.4, -0.2) is 31.3 Å². The third-order valence-electron chi connectivity index (χ3n) is 2.59. The fourth-order valence-corrected chi connectivity index (χ4v) is 1.55. The Bertz CT molecular complexity index is 204. The van der Waals surface area contributed by atoms with Crippen molar-refractivity contribution in [2.75, 3.05) is 13.7 Å². The summed E-state index contributed by atoms with van der Waals surface area (Å²) in [4.78, 5) is 11.3. The summed E-state index contributed by atoms with van der Waals surface area (Å²) in [5.74, 6) is -0.367. The Hall–Kier alpha value is -0.610. The molecule has 2 unspecified atom stereocenters. The molecule has 0 bridgehead atoms. The maximum Gasteiger partial charge on any atom is 0.325 e. The Balaban J connectivity index is 3.69. The topological polar surface area (TPSA) is 61.5 Å². The van der Waals surface area contributed by atoms with Crippen molar-refractivity contribution >= 4 is 5.97 Å². The van der Waals surface area contributed by atoms with E-state index in [2.05, 4.69) is 18.6 Å². The second-order valence-corrected chi connectivity index (χ2v) is 4.48. The van der Waals surface area contributed by atoms with Gasteiger partial charge in [0.15, 0.2) is 0 Å². The third-order valence-corrected chi connectivity index (χ3v) is 2.59. The second kappa shape index (κ2) is 7.63. The zero-order valence-corrected chi connectivity index (χ0v) is 10.9. The van der Waals surface area contributed by atoms with E-state index < -0.39 is 5.54 Å². The molecule has 0 rings (SSSR count). The minimum atomic E-state index is -0.897. The Labute approximate surface area is 98.5 Å². The van der Waals surface area contributed by atoms with Gasteiger partial charge in [0.05, 0.1) is 13.2 Å². The highest BCUT2D eigenvalue weighted by atomic mass is 16.5. The Kier molecular flexibility index (Phi) is 7.34. The predicted molar refractivity (Wildman–Crippen MR) is 64.2 cm³/mol. The van der Waals surface area contributed by atoms with Crippen LogP contribution >= 0.6 is 0 Å². The Morgan fingerprint density at radius 1 is 1.50 bits per heavy atom. The number of methoxy groups -OCH3 is 1. The van der Waals surface area contributed by atoms with Gasteiger partial charge >= 0.3 is 5.97 Å². The van der Waals surface area contributed by atoms with Crippen LogP contribution in [0.4, 0.5) is 0 Å². The first-order valence-corrected chi connectivity index (χ1v) is 5.93. The van der Waals surface area contributed by atoms with Crippen molar-refractivity contribution in [3.8, 4) is 0 Å². The van der Waals surface area contributed by atoms with Gasteiger partial charge in [-0.3, -0.25) is 4.79 Å². The number of ether oxygens (including phenoxy) is 2. The van der Waals surface area contributed by atoms with Crippen LogP contribution in [0.25, 0.3) is 0 Å². The van der Waals surface area contributed by atoms with Crippen LogP contribution < -0.4 is 5.73 Å². The van der Waals surface area contributed by atoms with Gasteiger partial charge in [0.2, 0.25) is 0 Å². The molecule has 2 N–H and O–H groups in total. The van der Waals surface area contributed by atoms with E-state index in [4.69, 9.17) is 10.5 Å². The molecule has 0 saturated carbocycles. The molecule has 0 aromatic rings. The smallest absolute Gasteiger partial charge is 0.325 e. The number of hydrogen-bond donors (Lipinski definition) is 1. The van der Waals surface area contributed by atoms with Gasteiger partial charge in [0.1, 0.15) is 5.54 Å². The molecule has 4 nitrogen and oxygen atoms in total. The van der Waals surface area contributed by atoms with Crippen molar-refractivity contribution in [2.24, 2.45) is 5.73 Å².